The molecule has 2 aromatic heterocycles. The zero-order valence-corrected chi connectivity index (χ0v) is 16.6. The monoisotopic (exact) mass is 403 g/mol. The predicted molar refractivity (Wildman–Crippen MR) is 119 cm³/mol. The fraction of sp³-hybridized carbons (Fsp3) is 0.130. The molecule has 0 aliphatic carbocycles. The highest BCUT2D eigenvalue weighted by molar-refractivity contribution is 6.10. The molecule has 0 spiro atoms. The minimum absolute atomic E-state index is 0.115. The maximum absolute atomic E-state index is 13.0. The van der Waals surface area contributed by atoms with Gasteiger partial charge in [0.25, 0.3) is 5.91 Å². The van der Waals surface area contributed by atoms with Crippen LogP contribution in [-0.4, -0.2) is 46.3 Å². The Morgan fingerprint density at radius 3 is 2.93 bits per heavy atom. The molecule has 0 fully saturated rings. The maximum atomic E-state index is 13.0. The van der Waals surface area contributed by atoms with E-state index in [0.717, 1.165) is 32.9 Å². The van der Waals surface area contributed by atoms with E-state index < -0.39 is 6.67 Å². The quantitative estimate of drug-likeness (QED) is 0.311. The molecular weight excluding hydrogens is 381 g/mol. The van der Waals surface area contributed by atoms with Crippen molar-refractivity contribution in [2.24, 2.45) is 0 Å². The van der Waals surface area contributed by atoms with Crippen LogP contribution >= 0.6 is 0 Å². The van der Waals surface area contributed by atoms with Gasteiger partial charge in [0.2, 0.25) is 0 Å². The molecule has 0 radical (unpaired) electrons. The number of aromatic amines is 2. The number of benzene rings is 2. The first-order valence-electron chi connectivity index (χ1n) is 9.57. The van der Waals surface area contributed by atoms with Crippen molar-refractivity contribution < 1.29 is 9.18 Å². The standard InChI is InChI=1S/C23H22FN5O/c1-3-5-22(29(2)11-9-24)23(30)27-20-12-15(13-21-18(20)14-26-28-21)16-6-4-7-19-17(16)8-10-25-19/h3-8,10,12-14,25H,1,9,11H2,2H3,(H,26,28)(H,27,30)/b22-5-. The van der Waals surface area contributed by atoms with Crippen molar-refractivity contribution in [2.45, 2.75) is 0 Å². The van der Waals surface area contributed by atoms with Crippen molar-refractivity contribution in [2.75, 3.05) is 25.6 Å². The van der Waals surface area contributed by atoms with Crippen LogP contribution in [0.1, 0.15) is 0 Å². The summed E-state index contributed by atoms with van der Waals surface area (Å²) in [6.07, 6.45) is 6.66. The van der Waals surface area contributed by atoms with Gasteiger partial charge < -0.3 is 15.2 Å². The number of amides is 1. The molecule has 6 nitrogen and oxygen atoms in total. The van der Waals surface area contributed by atoms with Gasteiger partial charge in [-0.15, -0.1) is 0 Å². The van der Waals surface area contributed by atoms with Crippen molar-refractivity contribution in [1.82, 2.24) is 20.1 Å². The normalized spacial score (nSPS) is 11.7. The highest BCUT2D eigenvalue weighted by Gasteiger charge is 2.17. The second-order valence-electron chi connectivity index (χ2n) is 6.95. The summed E-state index contributed by atoms with van der Waals surface area (Å²) < 4.78 is 12.8. The van der Waals surface area contributed by atoms with E-state index in [1.54, 1.807) is 24.2 Å². The van der Waals surface area contributed by atoms with Crippen molar-refractivity contribution in [3.8, 4) is 11.1 Å². The van der Waals surface area contributed by atoms with Crippen molar-refractivity contribution in [1.29, 1.82) is 0 Å². The lowest BCUT2D eigenvalue weighted by Crippen LogP contribution is -2.29. The molecule has 152 valence electrons. The first-order valence-corrected chi connectivity index (χ1v) is 9.57. The molecule has 7 heteroatoms. The number of carbonyl (C=O) groups is 1. The van der Waals surface area contributed by atoms with Crippen LogP contribution in [0.3, 0.4) is 0 Å². The Hall–Kier alpha value is -3.87. The van der Waals surface area contributed by atoms with E-state index in [4.69, 9.17) is 0 Å². The summed E-state index contributed by atoms with van der Waals surface area (Å²) in [7, 11) is 1.67. The number of nitrogens with zero attached hydrogens (tertiary/aromatic N) is 2. The summed E-state index contributed by atoms with van der Waals surface area (Å²) in [6.45, 7) is 3.22. The minimum atomic E-state index is -0.555. The van der Waals surface area contributed by atoms with Crippen LogP contribution in [0.25, 0.3) is 32.9 Å². The Bertz CT molecular complexity index is 1250. The summed E-state index contributed by atoms with van der Waals surface area (Å²) in [6, 6.07) is 12.0. The number of fused-ring (bicyclic) bond motifs is 2. The van der Waals surface area contributed by atoms with Crippen LogP contribution in [0.2, 0.25) is 0 Å². The number of carbonyl (C=O) groups excluding carboxylic acids is 1. The van der Waals surface area contributed by atoms with Gasteiger partial charge in [0, 0.05) is 36.1 Å². The molecule has 0 atom stereocenters. The number of H-pyrrole nitrogens is 2. The number of hydrogen-bond donors (Lipinski definition) is 3. The fourth-order valence-corrected chi connectivity index (χ4v) is 3.57. The topological polar surface area (TPSA) is 76.8 Å². The molecule has 0 unspecified atom stereocenters. The molecule has 0 saturated heterocycles. The number of nitrogens with one attached hydrogen (secondary N) is 3. The van der Waals surface area contributed by atoms with Crippen LogP contribution in [0, 0.1) is 0 Å². The van der Waals surface area contributed by atoms with E-state index in [1.165, 1.54) is 6.08 Å². The van der Waals surface area contributed by atoms with Crippen molar-refractivity contribution in [3.63, 3.8) is 0 Å². The van der Waals surface area contributed by atoms with Gasteiger partial charge >= 0.3 is 0 Å². The number of likely N-dealkylation sites (N-methyl/N-ethyl adjacent to an activating group) is 1. The molecular formula is C23H22FN5O. The Morgan fingerprint density at radius 1 is 1.27 bits per heavy atom. The van der Waals surface area contributed by atoms with E-state index in [9.17, 15) is 9.18 Å². The van der Waals surface area contributed by atoms with Gasteiger partial charge in [-0.1, -0.05) is 24.8 Å². The van der Waals surface area contributed by atoms with Crippen LogP contribution in [0.5, 0.6) is 0 Å². The summed E-state index contributed by atoms with van der Waals surface area (Å²) in [5.41, 5.74) is 4.78. The molecule has 0 bridgehead atoms. The number of halogens is 1. The summed E-state index contributed by atoms with van der Waals surface area (Å²) >= 11 is 0. The zero-order valence-electron chi connectivity index (χ0n) is 16.6. The number of hydrogen-bond acceptors (Lipinski definition) is 3. The SMILES string of the molecule is C=C/C=C(/C(=O)Nc1cc(-c2cccc3[nH]ccc23)cc2[nH]ncc12)N(C)CCF. The second-order valence-corrected chi connectivity index (χ2v) is 6.95. The van der Waals surface area contributed by atoms with Gasteiger partial charge in [-0.05, 0) is 41.5 Å². The molecule has 4 rings (SSSR count). The van der Waals surface area contributed by atoms with Gasteiger partial charge in [0.05, 0.1) is 17.4 Å². The first-order chi connectivity index (χ1) is 14.6. The molecule has 30 heavy (non-hydrogen) atoms. The van der Waals surface area contributed by atoms with Gasteiger partial charge in [-0.25, -0.2) is 4.39 Å². The van der Waals surface area contributed by atoms with Gasteiger partial charge in [0.15, 0.2) is 0 Å². The third-order valence-electron chi connectivity index (χ3n) is 5.05. The van der Waals surface area contributed by atoms with E-state index in [0.29, 0.717) is 11.4 Å². The van der Waals surface area contributed by atoms with Gasteiger partial charge in [-0.3, -0.25) is 9.89 Å². The highest BCUT2D eigenvalue weighted by atomic mass is 19.1. The largest absolute Gasteiger partial charge is 0.368 e. The molecule has 1 amide bonds. The van der Waals surface area contributed by atoms with Crippen molar-refractivity contribution >= 4 is 33.4 Å². The number of aromatic nitrogens is 3. The number of anilines is 1. The highest BCUT2D eigenvalue weighted by Crippen LogP contribution is 2.34. The van der Waals surface area contributed by atoms with E-state index in [-0.39, 0.29) is 12.5 Å². The first kappa shape index (κ1) is 19.4. The fourth-order valence-electron chi connectivity index (χ4n) is 3.57. The van der Waals surface area contributed by atoms with E-state index in [1.807, 2.05) is 42.6 Å². The average Bonchev–Trinajstić information content (AvgIpc) is 3.40. The Balaban J connectivity index is 1.77. The lowest BCUT2D eigenvalue weighted by atomic mass is 9.99. The van der Waals surface area contributed by atoms with Crippen LogP contribution in [-0.2, 0) is 4.79 Å². The molecule has 2 heterocycles. The van der Waals surface area contributed by atoms with Crippen LogP contribution < -0.4 is 5.32 Å². The lowest BCUT2D eigenvalue weighted by molar-refractivity contribution is -0.114. The summed E-state index contributed by atoms with van der Waals surface area (Å²) in [4.78, 5) is 17.8. The molecule has 4 aromatic rings. The summed E-state index contributed by atoms with van der Waals surface area (Å²) in [5.74, 6) is -0.342. The Labute approximate surface area is 173 Å². The lowest BCUT2D eigenvalue weighted by Gasteiger charge is -2.20. The van der Waals surface area contributed by atoms with Gasteiger partial charge in [0.1, 0.15) is 12.4 Å². The van der Waals surface area contributed by atoms with Gasteiger partial charge in [-0.2, -0.15) is 5.10 Å². The third-order valence-corrected chi connectivity index (χ3v) is 5.05. The van der Waals surface area contributed by atoms with Crippen LogP contribution in [0.15, 0.2) is 73.2 Å². The number of alkyl halides is 1. The molecule has 3 N–H and O–H groups in total. The predicted octanol–water partition coefficient (Wildman–Crippen LogP) is 4.62. The number of rotatable bonds is 7. The molecule has 0 aliphatic rings. The molecule has 0 aliphatic heterocycles. The minimum Gasteiger partial charge on any atom is -0.368 e. The maximum Gasteiger partial charge on any atom is 0.271 e. The Morgan fingerprint density at radius 2 is 2.13 bits per heavy atom. The van der Waals surface area contributed by atoms with E-state index >= 15 is 0 Å². The molecule has 0 saturated carbocycles. The smallest absolute Gasteiger partial charge is 0.271 e. The Kier molecular flexibility index (Phi) is 5.34. The zero-order chi connectivity index (χ0) is 21.1. The van der Waals surface area contributed by atoms with E-state index in [2.05, 4.69) is 27.1 Å². The van der Waals surface area contributed by atoms with Crippen molar-refractivity contribution in [3.05, 3.63) is 73.2 Å². The number of allylic oxidation sites excluding steroid dienone is 2. The second kappa shape index (κ2) is 8.24. The average molecular weight is 403 g/mol. The summed E-state index contributed by atoms with van der Waals surface area (Å²) in [5, 5.41) is 11.9. The molecule has 2 aromatic carbocycles. The third kappa shape index (κ3) is 3.57. The van der Waals surface area contributed by atoms with Crippen LogP contribution in [0.4, 0.5) is 10.1 Å².